The number of hydrogen-bond donors (Lipinski definition) is 1. The van der Waals surface area contributed by atoms with E-state index < -0.39 is 0 Å². The Kier molecular flexibility index (Phi) is 6.83. The quantitative estimate of drug-likeness (QED) is 0.556. The molecule has 9 heteroatoms. The Morgan fingerprint density at radius 2 is 2.10 bits per heavy atom. The predicted octanol–water partition coefficient (Wildman–Crippen LogP) is 3.09. The van der Waals surface area contributed by atoms with Crippen molar-refractivity contribution in [3.05, 3.63) is 48.3 Å². The fourth-order valence-electron chi connectivity index (χ4n) is 3.59. The smallest absolute Gasteiger partial charge is 0.270 e. The second kappa shape index (κ2) is 9.92. The fraction of sp³-hybridized carbons (Fsp3) is 0.429. The molecule has 30 heavy (non-hydrogen) atoms. The van der Waals surface area contributed by atoms with Crippen molar-refractivity contribution in [2.24, 2.45) is 0 Å². The zero-order chi connectivity index (χ0) is 20.8. The van der Waals surface area contributed by atoms with Gasteiger partial charge < -0.3 is 19.4 Å². The Hall–Kier alpha value is -2.62. The topological polar surface area (TPSA) is 91.2 Å². The molecule has 0 aliphatic heterocycles. The Balaban J connectivity index is 1.45. The van der Waals surface area contributed by atoms with Gasteiger partial charge in [0.15, 0.2) is 0 Å². The van der Waals surface area contributed by atoms with Gasteiger partial charge >= 0.3 is 0 Å². The van der Waals surface area contributed by atoms with Crippen LogP contribution in [-0.2, 0) is 9.47 Å². The summed E-state index contributed by atoms with van der Waals surface area (Å²) in [4.78, 5) is 26.7. The van der Waals surface area contributed by atoms with Crippen LogP contribution in [0.5, 0.6) is 0 Å². The van der Waals surface area contributed by atoms with Crippen LogP contribution in [0.1, 0.15) is 36.2 Å². The van der Waals surface area contributed by atoms with E-state index >= 15 is 0 Å². The monoisotopic (exact) mass is 427 g/mol. The molecule has 1 amide bonds. The Labute approximate surface area is 179 Å². The van der Waals surface area contributed by atoms with E-state index in [0.29, 0.717) is 18.9 Å². The summed E-state index contributed by atoms with van der Waals surface area (Å²) in [6, 6.07) is 3.86. The number of amides is 1. The van der Waals surface area contributed by atoms with Gasteiger partial charge in [-0.2, -0.15) is 0 Å². The maximum Gasteiger partial charge on any atom is 0.270 e. The second-order valence-electron chi connectivity index (χ2n) is 7.24. The number of carbonyl (C=O) groups is 1. The van der Waals surface area contributed by atoms with E-state index in [1.54, 1.807) is 37.4 Å². The minimum Gasteiger partial charge on any atom is -0.382 e. The third-order valence-corrected chi connectivity index (χ3v) is 5.98. The summed E-state index contributed by atoms with van der Waals surface area (Å²) in [5.74, 6) is -0.161. The average Bonchev–Trinajstić information content (AvgIpc) is 3.49. The molecule has 158 valence electrons. The number of aromatic nitrogens is 4. The number of carbonyl (C=O) groups excluding carboxylic acids is 1. The average molecular weight is 428 g/mol. The van der Waals surface area contributed by atoms with Crippen molar-refractivity contribution in [1.82, 2.24) is 24.8 Å². The molecule has 0 saturated heterocycles. The first-order chi connectivity index (χ1) is 14.7. The van der Waals surface area contributed by atoms with Crippen molar-refractivity contribution in [1.29, 1.82) is 0 Å². The zero-order valence-corrected chi connectivity index (χ0v) is 17.7. The van der Waals surface area contributed by atoms with Crippen LogP contribution >= 0.6 is 11.3 Å². The number of nitrogens with zero attached hydrogens (tertiary/aromatic N) is 4. The molecule has 1 saturated carbocycles. The molecule has 3 heterocycles. The minimum atomic E-state index is -0.161. The van der Waals surface area contributed by atoms with Crippen molar-refractivity contribution in [3.8, 4) is 16.3 Å². The van der Waals surface area contributed by atoms with Crippen LogP contribution in [0.25, 0.3) is 16.3 Å². The maximum absolute atomic E-state index is 13.0. The van der Waals surface area contributed by atoms with E-state index in [2.05, 4.69) is 20.3 Å². The van der Waals surface area contributed by atoms with E-state index in [9.17, 15) is 4.79 Å². The summed E-state index contributed by atoms with van der Waals surface area (Å²) in [6.45, 7) is 1.22. The van der Waals surface area contributed by atoms with Crippen LogP contribution in [0.2, 0.25) is 0 Å². The van der Waals surface area contributed by atoms with E-state index in [0.717, 1.165) is 41.9 Å². The van der Waals surface area contributed by atoms with Crippen LogP contribution < -0.4 is 5.32 Å². The summed E-state index contributed by atoms with van der Waals surface area (Å²) >= 11 is 1.49. The van der Waals surface area contributed by atoms with Gasteiger partial charge in [0.05, 0.1) is 47.4 Å². The molecule has 1 aliphatic carbocycles. The number of imidazole rings is 1. The van der Waals surface area contributed by atoms with E-state index in [-0.39, 0.29) is 18.1 Å². The van der Waals surface area contributed by atoms with Gasteiger partial charge in [0.25, 0.3) is 5.91 Å². The first-order valence-corrected chi connectivity index (χ1v) is 10.9. The van der Waals surface area contributed by atoms with E-state index in [1.165, 1.54) is 11.3 Å². The van der Waals surface area contributed by atoms with Gasteiger partial charge in [-0.05, 0) is 37.8 Å². The SMILES string of the molecule is COCCOC1CCC(NC(=O)c2cc(-n3ccnc3)cc(-c3cncs3)n2)CC1. The molecule has 0 atom stereocenters. The third kappa shape index (κ3) is 5.10. The largest absolute Gasteiger partial charge is 0.382 e. The standard InChI is InChI=1S/C21H25N5O3S/c1-28-8-9-29-17-4-2-15(3-5-17)24-21(27)19-11-16(26-7-6-22-13-26)10-18(25-19)20-12-23-14-30-20/h6-7,10-15,17H,2-5,8-9H2,1H3,(H,24,27). The lowest BCUT2D eigenvalue weighted by atomic mass is 9.93. The van der Waals surface area contributed by atoms with Crippen molar-refractivity contribution >= 4 is 17.2 Å². The van der Waals surface area contributed by atoms with Crippen LogP contribution in [0.3, 0.4) is 0 Å². The molecule has 0 radical (unpaired) electrons. The molecule has 0 aromatic carbocycles. The van der Waals surface area contributed by atoms with Gasteiger partial charge in [-0.1, -0.05) is 0 Å². The fourth-order valence-corrected chi connectivity index (χ4v) is 4.18. The Morgan fingerprint density at radius 3 is 2.80 bits per heavy atom. The maximum atomic E-state index is 13.0. The third-order valence-electron chi connectivity index (χ3n) is 5.18. The van der Waals surface area contributed by atoms with Crippen molar-refractivity contribution < 1.29 is 14.3 Å². The molecule has 3 aromatic rings. The molecule has 1 N–H and O–H groups in total. The lowest BCUT2D eigenvalue weighted by Crippen LogP contribution is -2.39. The van der Waals surface area contributed by atoms with Crippen molar-refractivity contribution in [2.75, 3.05) is 20.3 Å². The molecular weight excluding hydrogens is 402 g/mol. The molecule has 1 fully saturated rings. The molecule has 0 spiro atoms. The second-order valence-corrected chi connectivity index (χ2v) is 8.13. The predicted molar refractivity (Wildman–Crippen MR) is 114 cm³/mol. The zero-order valence-electron chi connectivity index (χ0n) is 16.9. The van der Waals surface area contributed by atoms with Crippen molar-refractivity contribution in [2.45, 2.75) is 37.8 Å². The number of rotatable bonds is 8. The van der Waals surface area contributed by atoms with Gasteiger partial charge in [-0.25, -0.2) is 9.97 Å². The Morgan fingerprint density at radius 1 is 1.23 bits per heavy atom. The molecular formula is C21H25N5O3S. The number of methoxy groups -OCH3 is 1. The minimum absolute atomic E-state index is 0.130. The van der Waals surface area contributed by atoms with Gasteiger partial charge in [0, 0.05) is 31.7 Å². The highest BCUT2D eigenvalue weighted by molar-refractivity contribution is 7.13. The van der Waals surface area contributed by atoms with E-state index in [4.69, 9.17) is 9.47 Å². The lowest BCUT2D eigenvalue weighted by molar-refractivity contribution is -0.00409. The van der Waals surface area contributed by atoms with Gasteiger partial charge in [0.2, 0.25) is 0 Å². The summed E-state index contributed by atoms with van der Waals surface area (Å²) in [7, 11) is 1.67. The van der Waals surface area contributed by atoms with Crippen LogP contribution in [0, 0.1) is 0 Å². The molecule has 0 unspecified atom stereocenters. The van der Waals surface area contributed by atoms with Gasteiger partial charge in [0.1, 0.15) is 5.69 Å². The normalized spacial score (nSPS) is 19.0. The first-order valence-electron chi connectivity index (χ1n) is 10.0. The number of nitrogens with one attached hydrogen (secondary N) is 1. The number of thiazole rings is 1. The summed E-state index contributed by atoms with van der Waals surface area (Å²) in [5.41, 5.74) is 3.71. The summed E-state index contributed by atoms with van der Waals surface area (Å²) in [6.07, 6.45) is 10.9. The lowest BCUT2D eigenvalue weighted by Gasteiger charge is -2.29. The number of hydrogen-bond acceptors (Lipinski definition) is 7. The number of ether oxygens (including phenoxy) is 2. The first kappa shape index (κ1) is 20.6. The molecule has 8 nitrogen and oxygen atoms in total. The highest BCUT2D eigenvalue weighted by Crippen LogP contribution is 2.25. The Bertz CT molecular complexity index is 885. The van der Waals surface area contributed by atoms with Gasteiger partial charge in [-0.3, -0.25) is 9.78 Å². The molecule has 3 aromatic heterocycles. The van der Waals surface area contributed by atoms with Crippen LogP contribution in [-0.4, -0.2) is 57.9 Å². The van der Waals surface area contributed by atoms with Gasteiger partial charge in [-0.15, -0.1) is 11.3 Å². The summed E-state index contributed by atoms with van der Waals surface area (Å²) in [5, 5.41) is 3.15. The van der Waals surface area contributed by atoms with Crippen LogP contribution in [0.4, 0.5) is 0 Å². The summed E-state index contributed by atoms with van der Waals surface area (Å²) < 4.78 is 12.7. The highest BCUT2D eigenvalue weighted by Gasteiger charge is 2.24. The molecule has 4 rings (SSSR count). The van der Waals surface area contributed by atoms with Crippen LogP contribution in [0.15, 0.2) is 42.6 Å². The molecule has 0 bridgehead atoms. The molecule has 1 aliphatic rings. The number of pyridine rings is 1. The van der Waals surface area contributed by atoms with E-state index in [1.807, 2.05) is 16.8 Å². The highest BCUT2D eigenvalue weighted by atomic mass is 32.1. The van der Waals surface area contributed by atoms with Crippen molar-refractivity contribution in [3.63, 3.8) is 0 Å².